The fraction of sp³-hybridized carbons (Fsp3) is 0.538. The van der Waals surface area contributed by atoms with Gasteiger partial charge < -0.3 is 10.6 Å². The van der Waals surface area contributed by atoms with Crippen LogP contribution < -0.4 is 10.6 Å². The maximum atomic E-state index is 12.1. The fourth-order valence-electron chi connectivity index (χ4n) is 1.67. The summed E-state index contributed by atoms with van der Waals surface area (Å²) >= 11 is 1.72. The first kappa shape index (κ1) is 14.8. The quantitative estimate of drug-likeness (QED) is 0.830. The van der Waals surface area contributed by atoms with Crippen molar-refractivity contribution in [1.82, 2.24) is 10.3 Å². The highest BCUT2D eigenvalue weighted by atomic mass is 32.2. The third kappa shape index (κ3) is 4.22. The zero-order valence-electron chi connectivity index (χ0n) is 11.4. The van der Waals surface area contributed by atoms with Gasteiger partial charge in [0.2, 0.25) is 0 Å². The molecule has 18 heavy (non-hydrogen) atoms. The van der Waals surface area contributed by atoms with E-state index in [0.29, 0.717) is 5.56 Å². The van der Waals surface area contributed by atoms with Crippen LogP contribution in [-0.4, -0.2) is 35.5 Å². The van der Waals surface area contributed by atoms with Crippen LogP contribution in [0.3, 0.4) is 0 Å². The Balaban J connectivity index is 2.84. The van der Waals surface area contributed by atoms with Gasteiger partial charge in [-0.1, -0.05) is 0 Å². The lowest BCUT2D eigenvalue weighted by atomic mass is 10.2. The van der Waals surface area contributed by atoms with E-state index in [1.165, 1.54) is 0 Å². The summed E-state index contributed by atoms with van der Waals surface area (Å²) in [4.78, 5) is 16.3. The lowest BCUT2D eigenvalue weighted by Gasteiger charge is -2.15. The van der Waals surface area contributed by atoms with Crippen molar-refractivity contribution in [3.63, 3.8) is 0 Å². The summed E-state index contributed by atoms with van der Waals surface area (Å²) in [6.45, 7) is 6.71. The minimum Gasteiger partial charge on any atom is -0.385 e. The number of nitrogens with one attached hydrogen (secondary N) is 2. The Bertz CT molecular complexity index is 409. The SMILES string of the molecule is CCNc1cc(C)ncc1C(=O)NC(C)CSC. The molecular weight excluding hydrogens is 246 g/mol. The molecule has 0 bridgehead atoms. The summed E-state index contributed by atoms with van der Waals surface area (Å²) < 4.78 is 0. The first-order valence-electron chi connectivity index (χ1n) is 6.08. The molecule has 1 unspecified atom stereocenters. The Morgan fingerprint density at radius 1 is 1.56 bits per heavy atom. The van der Waals surface area contributed by atoms with Crippen LogP contribution in [0.1, 0.15) is 29.9 Å². The van der Waals surface area contributed by atoms with E-state index in [2.05, 4.69) is 15.6 Å². The molecule has 0 spiro atoms. The van der Waals surface area contributed by atoms with Gasteiger partial charge in [0, 0.05) is 30.2 Å². The second-order valence-corrected chi connectivity index (χ2v) is 5.14. The second-order valence-electron chi connectivity index (χ2n) is 4.23. The zero-order chi connectivity index (χ0) is 13.5. The molecule has 100 valence electrons. The number of amides is 1. The second kappa shape index (κ2) is 7.26. The van der Waals surface area contributed by atoms with E-state index in [-0.39, 0.29) is 11.9 Å². The van der Waals surface area contributed by atoms with Crippen molar-refractivity contribution in [1.29, 1.82) is 0 Å². The molecule has 0 aliphatic carbocycles. The largest absolute Gasteiger partial charge is 0.385 e. The summed E-state index contributed by atoms with van der Waals surface area (Å²) in [5.41, 5.74) is 2.36. The Morgan fingerprint density at radius 2 is 2.28 bits per heavy atom. The molecule has 1 heterocycles. The van der Waals surface area contributed by atoms with Gasteiger partial charge in [-0.3, -0.25) is 9.78 Å². The van der Waals surface area contributed by atoms with Gasteiger partial charge in [0.15, 0.2) is 0 Å². The highest BCUT2D eigenvalue weighted by molar-refractivity contribution is 7.98. The molecule has 0 radical (unpaired) electrons. The highest BCUT2D eigenvalue weighted by Gasteiger charge is 2.14. The summed E-state index contributed by atoms with van der Waals surface area (Å²) in [7, 11) is 0. The number of aryl methyl sites for hydroxylation is 1. The lowest BCUT2D eigenvalue weighted by molar-refractivity contribution is 0.0944. The first-order valence-corrected chi connectivity index (χ1v) is 7.48. The molecule has 0 aromatic carbocycles. The van der Waals surface area contributed by atoms with Crippen LogP contribution in [0.5, 0.6) is 0 Å². The highest BCUT2D eigenvalue weighted by Crippen LogP contribution is 2.15. The molecule has 5 heteroatoms. The molecule has 1 amide bonds. The van der Waals surface area contributed by atoms with E-state index in [1.54, 1.807) is 18.0 Å². The molecule has 4 nitrogen and oxygen atoms in total. The molecule has 0 aliphatic rings. The summed E-state index contributed by atoms with van der Waals surface area (Å²) in [6.07, 6.45) is 3.66. The maximum Gasteiger partial charge on any atom is 0.255 e. The van der Waals surface area contributed by atoms with Crippen LogP contribution in [0, 0.1) is 6.92 Å². The molecule has 1 atom stereocenters. The minimum absolute atomic E-state index is 0.0694. The van der Waals surface area contributed by atoms with E-state index >= 15 is 0 Å². The molecular formula is C13H21N3OS. The number of aromatic nitrogens is 1. The van der Waals surface area contributed by atoms with Crippen LogP contribution in [0.15, 0.2) is 12.3 Å². The lowest BCUT2D eigenvalue weighted by Crippen LogP contribution is -2.34. The number of carbonyl (C=O) groups excluding carboxylic acids is 1. The Morgan fingerprint density at radius 3 is 2.89 bits per heavy atom. The molecule has 0 saturated carbocycles. The molecule has 1 rings (SSSR count). The predicted octanol–water partition coefficient (Wildman–Crippen LogP) is 2.30. The normalized spacial score (nSPS) is 12.0. The van der Waals surface area contributed by atoms with Gasteiger partial charge in [-0.05, 0) is 33.1 Å². The van der Waals surface area contributed by atoms with Crippen molar-refractivity contribution in [2.24, 2.45) is 0 Å². The number of nitrogens with zero attached hydrogens (tertiary/aromatic N) is 1. The van der Waals surface area contributed by atoms with Gasteiger partial charge in [0.05, 0.1) is 11.3 Å². The van der Waals surface area contributed by atoms with Crippen LogP contribution >= 0.6 is 11.8 Å². The Kier molecular flexibility index (Phi) is 5.98. The van der Waals surface area contributed by atoms with Gasteiger partial charge in [0.1, 0.15) is 0 Å². The molecule has 1 aromatic heterocycles. The third-order valence-electron chi connectivity index (χ3n) is 2.45. The van der Waals surface area contributed by atoms with Crippen molar-refractivity contribution < 1.29 is 4.79 Å². The molecule has 0 aliphatic heterocycles. The van der Waals surface area contributed by atoms with Crippen LogP contribution in [0.25, 0.3) is 0 Å². The number of pyridine rings is 1. The van der Waals surface area contributed by atoms with Gasteiger partial charge in [-0.25, -0.2) is 0 Å². The van der Waals surface area contributed by atoms with E-state index in [9.17, 15) is 4.79 Å². The van der Waals surface area contributed by atoms with Gasteiger partial charge >= 0.3 is 0 Å². The van der Waals surface area contributed by atoms with E-state index in [4.69, 9.17) is 0 Å². The van der Waals surface area contributed by atoms with Gasteiger partial charge in [0.25, 0.3) is 5.91 Å². The number of anilines is 1. The monoisotopic (exact) mass is 267 g/mol. The van der Waals surface area contributed by atoms with Crippen LogP contribution in [0.4, 0.5) is 5.69 Å². The number of hydrogen-bond acceptors (Lipinski definition) is 4. The summed E-state index contributed by atoms with van der Waals surface area (Å²) in [5, 5.41) is 6.17. The smallest absolute Gasteiger partial charge is 0.255 e. The number of carbonyl (C=O) groups is 1. The predicted molar refractivity (Wildman–Crippen MR) is 78.4 cm³/mol. The average Bonchev–Trinajstić information content (AvgIpc) is 2.29. The number of hydrogen-bond donors (Lipinski definition) is 2. The number of rotatable bonds is 6. The Hall–Kier alpha value is -1.23. The van der Waals surface area contributed by atoms with Crippen LogP contribution in [0.2, 0.25) is 0 Å². The standard InChI is InChI=1S/C13H21N3OS/c1-5-14-12-6-9(2)15-7-11(12)13(17)16-10(3)8-18-4/h6-7,10H,5,8H2,1-4H3,(H,14,15)(H,16,17). The average molecular weight is 267 g/mol. The van der Waals surface area contributed by atoms with E-state index < -0.39 is 0 Å². The first-order chi connectivity index (χ1) is 8.58. The van der Waals surface area contributed by atoms with Crippen molar-refractivity contribution in [2.45, 2.75) is 26.8 Å². The summed E-state index contributed by atoms with van der Waals surface area (Å²) in [5.74, 6) is 0.835. The molecule has 0 saturated heterocycles. The number of thioether (sulfide) groups is 1. The molecule has 0 fully saturated rings. The maximum absolute atomic E-state index is 12.1. The summed E-state index contributed by atoms with van der Waals surface area (Å²) in [6, 6.07) is 2.06. The van der Waals surface area contributed by atoms with Gasteiger partial charge in [-0.15, -0.1) is 0 Å². The third-order valence-corrected chi connectivity index (χ3v) is 3.28. The minimum atomic E-state index is -0.0694. The van der Waals surface area contributed by atoms with Gasteiger partial charge in [-0.2, -0.15) is 11.8 Å². The van der Waals surface area contributed by atoms with Crippen molar-refractivity contribution in [2.75, 3.05) is 23.9 Å². The fourth-order valence-corrected chi connectivity index (χ4v) is 2.25. The van der Waals surface area contributed by atoms with E-state index in [1.807, 2.05) is 33.1 Å². The topological polar surface area (TPSA) is 54.0 Å². The molecule has 2 N–H and O–H groups in total. The van der Waals surface area contributed by atoms with E-state index in [0.717, 1.165) is 23.7 Å². The van der Waals surface area contributed by atoms with Crippen molar-refractivity contribution in [3.05, 3.63) is 23.5 Å². The zero-order valence-corrected chi connectivity index (χ0v) is 12.2. The molecule has 1 aromatic rings. The van der Waals surface area contributed by atoms with Crippen molar-refractivity contribution in [3.8, 4) is 0 Å². The van der Waals surface area contributed by atoms with Crippen LogP contribution in [-0.2, 0) is 0 Å². The van der Waals surface area contributed by atoms with Crippen molar-refractivity contribution >= 4 is 23.4 Å². The Labute approximate surface area is 113 Å².